The summed E-state index contributed by atoms with van der Waals surface area (Å²) in [5.74, 6) is 3.66. The van der Waals surface area contributed by atoms with Gasteiger partial charge in [0.2, 0.25) is 0 Å². The summed E-state index contributed by atoms with van der Waals surface area (Å²) in [5, 5.41) is 13.2. The van der Waals surface area contributed by atoms with Crippen molar-refractivity contribution >= 4 is 0 Å². The van der Waals surface area contributed by atoms with E-state index in [0.29, 0.717) is 5.92 Å². The highest BCUT2D eigenvalue weighted by molar-refractivity contribution is 5.02. The average Bonchev–Trinajstić information content (AvgIpc) is 3.07. The van der Waals surface area contributed by atoms with Gasteiger partial charge in [-0.1, -0.05) is 6.42 Å². The lowest BCUT2D eigenvalue weighted by molar-refractivity contribution is 0.0952. The molecule has 0 heterocycles. The van der Waals surface area contributed by atoms with E-state index in [9.17, 15) is 5.11 Å². The highest BCUT2D eigenvalue weighted by Gasteiger charge is 2.45. The van der Waals surface area contributed by atoms with Gasteiger partial charge in [-0.2, -0.15) is 0 Å². The average molecular weight is 266 g/mol. The molecule has 0 aliphatic heterocycles. The first kappa shape index (κ1) is 13.8. The zero-order valence-electron chi connectivity index (χ0n) is 12.6. The van der Waals surface area contributed by atoms with Crippen LogP contribution in [0.4, 0.5) is 0 Å². The van der Waals surface area contributed by atoms with Gasteiger partial charge in [0, 0.05) is 13.1 Å². The first-order valence-corrected chi connectivity index (χ1v) is 8.15. The summed E-state index contributed by atoms with van der Waals surface area (Å²) in [6.45, 7) is 2.51. The van der Waals surface area contributed by atoms with Gasteiger partial charge in [-0.15, -0.1) is 0 Å². The van der Waals surface area contributed by atoms with Crippen molar-refractivity contribution in [2.24, 2.45) is 23.7 Å². The molecule has 0 aromatic rings. The van der Waals surface area contributed by atoms with Crippen LogP contribution in [-0.2, 0) is 0 Å². The number of hydrogen-bond donors (Lipinski definition) is 2. The number of likely N-dealkylation sites (N-methyl/N-ethyl adjacent to an activating group) is 2. The van der Waals surface area contributed by atoms with Crippen molar-refractivity contribution in [3.63, 3.8) is 0 Å². The molecule has 19 heavy (non-hydrogen) atoms. The number of nitrogens with one attached hydrogen (secondary N) is 1. The van der Waals surface area contributed by atoms with Crippen LogP contribution in [-0.4, -0.2) is 49.3 Å². The monoisotopic (exact) mass is 266 g/mol. The highest BCUT2D eigenvalue weighted by Crippen LogP contribution is 2.48. The fourth-order valence-electron chi connectivity index (χ4n) is 4.85. The second-order valence-electron chi connectivity index (χ2n) is 7.47. The lowest BCUT2D eigenvalue weighted by atomic mass is 9.87. The van der Waals surface area contributed by atoms with Crippen molar-refractivity contribution in [3.8, 4) is 0 Å². The van der Waals surface area contributed by atoms with Gasteiger partial charge >= 0.3 is 0 Å². The first-order chi connectivity index (χ1) is 9.16. The molecule has 3 nitrogen and oxygen atoms in total. The van der Waals surface area contributed by atoms with Crippen LogP contribution in [0.3, 0.4) is 0 Å². The van der Waals surface area contributed by atoms with Gasteiger partial charge in [-0.05, 0) is 69.9 Å². The van der Waals surface area contributed by atoms with Crippen molar-refractivity contribution in [3.05, 3.63) is 0 Å². The van der Waals surface area contributed by atoms with Crippen molar-refractivity contribution in [2.45, 2.75) is 44.1 Å². The zero-order valence-corrected chi connectivity index (χ0v) is 12.6. The van der Waals surface area contributed by atoms with Crippen LogP contribution >= 0.6 is 0 Å². The molecule has 0 aromatic carbocycles. The Morgan fingerprint density at radius 3 is 2.47 bits per heavy atom. The second kappa shape index (κ2) is 5.34. The predicted octanol–water partition coefficient (Wildman–Crippen LogP) is 1.71. The molecule has 3 aliphatic rings. The Kier molecular flexibility index (Phi) is 3.89. The normalized spacial score (nSPS) is 36.9. The fraction of sp³-hybridized carbons (Fsp3) is 1.00. The number of nitrogens with zero attached hydrogens (tertiary/aromatic N) is 1. The maximum absolute atomic E-state index is 9.81. The standard InChI is InChI=1S/C16H30N2O/c1-17-16(11-19,15-5-6-15)10-18(2)9-14-8-12-3-4-13(14)7-12/h12-15,17,19H,3-11H2,1-2H3. The quantitative estimate of drug-likeness (QED) is 0.736. The number of hydrogen-bond acceptors (Lipinski definition) is 3. The van der Waals surface area contributed by atoms with Crippen LogP contribution < -0.4 is 5.32 Å². The van der Waals surface area contributed by atoms with Crippen LogP contribution in [0.2, 0.25) is 0 Å². The molecule has 3 fully saturated rings. The third kappa shape index (κ3) is 2.70. The molecule has 3 aliphatic carbocycles. The number of rotatable bonds is 7. The number of aliphatic hydroxyl groups is 1. The van der Waals surface area contributed by atoms with Crippen molar-refractivity contribution in [2.75, 3.05) is 33.8 Å². The Morgan fingerprint density at radius 2 is 2.00 bits per heavy atom. The number of fused-ring (bicyclic) bond motifs is 2. The molecule has 2 N–H and O–H groups in total. The Morgan fingerprint density at radius 1 is 1.21 bits per heavy atom. The zero-order chi connectivity index (χ0) is 13.5. The van der Waals surface area contributed by atoms with Gasteiger partial charge in [0.05, 0.1) is 12.1 Å². The van der Waals surface area contributed by atoms with Gasteiger partial charge < -0.3 is 15.3 Å². The lowest BCUT2D eigenvalue weighted by Gasteiger charge is -2.37. The molecular weight excluding hydrogens is 236 g/mol. The van der Waals surface area contributed by atoms with E-state index in [-0.39, 0.29) is 12.1 Å². The SMILES string of the molecule is CNC(CO)(CN(C)CC1CC2CCC1C2)C1CC1. The minimum atomic E-state index is -0.0492. The van der Waals surface area contributed by atoms with Crippen LogP contribution in [0, 0.1) is 23.7 Å². The summed E-state index contributed by atoms with van der Waals surface area (Å²) in [5.41, 5.74) is -0.0492. The third-order valence-corrected chi connectivity index (χ3v) is 6.12. The molecule has 0 saturated heterocycles. The summed E-state index contributed by atoms with van der Waals surface area (Å²) >= 11 is 0. The van der Waals surface area contributed by atoms with Gasteiger partial charge in [-0.25, -0.2) is 0 Å². The molecule has 4 unspecified atom stereocenters. The van der Waals surface area contributed by atoms with Gasteiger partial charge in [-0.3, -0.25) is 0 Å². The highest BCUT2D eigenvalue weighted by atomic mass is 16.3. The first-order valence-electron chi connectivity index (χ1n) is 8.15. The molecule has 0 aromatic heterocycles. The summed E-state index contributed by atoms with van der Waals surface area (Å²) in [6.07, 6.45) is 8.49. The molecule has 110 valence electrons. The Balaban J connectivity index is 1.54. The van der Waals surface area contributed by atoms with Crippen LogP contribution in [0.15, 0.2) is 0 Å². The maximum Gasteiger partial charge on any atom is 0.0628 e. The second-order valence-corrected chi connectivity index (χ2v) is 7.47. The van der Waals surface area contributed by atoms with Crippen LogP contribution in [0.25, 0.3) is 0 Å². The largest absolute Gasteiger partial charge is 0.394 e. The minimum Gasteiger partial charge on any atom is -0.394 e. The van der Waals surface area contributed by atoms with E-state index in [1.165, 1.54) is 45.1 Å². The van der Waals surface area contributed by atoms with Gasteiger partial charge in [0.15, 0.2) is 0 Å². The predicted molar refractivity (Wildman–Crippen MR) is 78.0 cm³/mol. The van der Waals surface area contributed by atoms with Crippen molar-refractivity contribution in [1.29, 1.82) is 0 Å². The van der Waals surface area contributed by atoms with E-state index in [1.54, 1.807) is 0 Å². The Labute approximate surface area is 117 Å². The molecule has 3 heteroatoms. The van der Waals surface area contributed by atoms with Gasteiger partial charge in [0.1, 0.15) is 0 Å². The van der Waals surface area contributed by atoms with E-state index >= 15 is 0 Å². The topological polar surface area (TPSA) is 35.5 Å². The number of aliphatic hydroxyl groups excluding tert-OH is 1. The van der Waals surface area contributed by atoms with Gasteiger partial charge in [0.25, 0.3) is 0 Å². The minimum absolute atomic E-state index is 0.0492. The lowest BCUT2D eigenvalue weighted by Crippen LogP contribution is -2.56. The van der Waals surface area contributed by atoms with Crippen LogP contribution in [0.5, 0.6) is 0 Å². The van der Waals surface area contributed by atoms with Crippen LogP contribution in [0.1, 0.15) is 38.5 Å². The summed E-state index contributed by atoms with van der Waals surface area (Å²) in [6, 6.07) is 0. The third-order valence-electron chi connectivity index (χ3n) is 6.12. The smallest absolute Gasteiger partial charge is 0.0628 e. The fourth-order valence-corrected chi connectivity index (χ4v) is 4.85. The maximum atomic E-state index is 9.81. The Bertz CT molecular complexity index is 312. The van der Waals surface area contributed by atoms with E-state index < -0.39 is 0 Å². The van der Waals surface area contributed by atoms with Crippen molar-refractivity contribution in [1.82, 2.24) is 10.2 Å². The molecule has 4 atom stereocenters. The summed E-state index contributed by atoms with van der Waals surface area (Å²) < 4.78 is 0. The molecule has 3 saturated carbocycles. The van der Waals surface area contributed by atoms with E-state index in [4.69, 9.17) is 0 Å². The molecule has 2 bridgehead atoms. The van der Waals surface area contributed by atoms with E-state index in [1.807, 2.05) is 7.05 Å². The summed E-state index contributed by atoms with van der Waals surface area (Å²) in [7, 11) is 4.26. The molecule has 0 radical (unpaired) electrons. The Hall–Kier alpha value is -0.120. The van der Waals surface area contributed by atoms with Crippen molar-refractivity contribution < 1.29 is 5.11 Å². The molecule has 0 spiro atoms. The summed E-state index contributed by atoms with van der Waals surface area (Å²) in [4.78, 5) is 2.48. The molecule has 3 rings (SSSR count). The van der Waals surface area contributed by atoms with E-state index in [2.05, 4.69) is 17.3 Å². The molecular formula is C16H30N2O. The van der Waals surface area contributed by atoms with E-state index in [0.717, 1.165) is 24.3 Å². The molecule has 0 amide bonds.